The zero-order valence-corrected chi connectivity index (χ0v) is 16.6. The third-order valence-corrected chi connectivity index (χ3v) is 5.71. The molecule has 0 aliphatic carbocycles. The molecule has 0 radical (unpaired) electrons. The van der Waals surface area contributed by atoms with Gasteiger partial charge in [-0.15, -0.1) is 11.8 Å². The van der Waals surface area contributed by atoms with Crippen molar-refractivity contribution in [2.45, 2.75) is 23.8 Å². The number of hydrogen-bond donors (Lipinski definition) is 1. The van der Waals surface area contributed by atoms with Gasteiger partial charge in [0.25, 0.3) is 0 Å². The van der Waals surface area contributed by atoms with Gasteiger partial charge in [0.2, 0.25) is 0 Å². The van der Waals surface area contributed by atoms with Crippen LogP contribution in [-0.4, -0.2) is 44.0 Å². The predicted octanol–water partition coefficient (Wildman–Crippen LogP) is 4.34. The van der Waals surface area contributed by atoms with Crippen molar-refractivity contribution in [2.75, 3.05) is 33.1 Å². The average molecular weight is 387 g/mol. The van der Waals surface area contributed by atoms with Gasteiger partial charge in [0.05, 0.1) is 20.3 Å². The highest BCUT2D eigenvalue weighted by Gasteiger charge is 2.32. The molecular formula is C21H26N2O3S. The minimum Gasteiger partial charge on any atom is -0.497 e. The van der Waals surface area contributed by atoms with Crippen LogP contribution in [0.25, 0.3) is 0 Å². The van der Waals surface area contributed by atoms with Crippen LogP contribution >= 0.6 is 11.8 Å². The highest BCUT2D eigenvalue weighted by Crippen LogP contribution is 2.38. The van der Waals surface area contributed by atoms with Gasteiger partial charge in [0.15, 0.2) is 0 Å². The highest BCUT2D eigenvalue weighted by molar-refractivity contribution is 7.99. The van der Waals surface area contributed by atoms with Crippen LogP contribution in [0.1, 0.15) is 24.4 Å². The SMILES string of the molecule is COc1ccc(OC)c(C2CCCN2C(=O)NCCSc2ccccc2)c1. The molecule has 1 atom stereocenters. The van der Waals surface area contributed by atoms with Crippen molar-refractivity contribution in [1.82, 2.24) is 10.2 Å². The number of ether oxygens (including phenoxy) is 2. The average Bonchev–Trinajstić information content (AvgIpc) is 3.21. The molecule has 2 aromatic carbocycles. The Bertz CT molecular complexity index is 754. The van der Waals surface area contributed by atoms with E-state index in [1.807, 2.05) is 41.3 Å². The minimum atomic E-state index is -0.0176. The number of carbonyl (C=O) groups excluding carboxylic acids is 1. The fourth-order valence-electron chi connectivity index (χ4n) is 3.38. The summed E-state index contributed by atoms with van der Waals surface area (Å²) >= 11 is 1.74. The normalized spacial score (nSPS) is 16.2. The molecule has 1 heterocycles. The predicted molar refractivity (Wildman–Crippen MR) is 109 cm³/mol. The van der Waals surface area contributed by atoms with Gasteiger partial charge in [-0.05, 0) is 43.2 Å². The smallest absolute Gasteiger partial charge is 0.317 e. The zero-order chi connectivity index (χ0) is 19.1. The Kier molecular flexibility index (Phi) is 6.87. The summed E-state index contributed by atoms with van der Waals surface area (Å²) in [5.74, 6) is 2.41. The number of thioether (sulfide) groups is 1. The van der Waals surface area contributed by atoms with Gasteiger partial charge in [0, 0.05) is 29.3 Å². The monoisotopic (exact) mass is 386 g/mol. The number of methoxy groups -OCH3 is 2. The van der Waals surface area contributed by atoms with Gasteiger partial charge in [-0.3, -0.25) is 0 Å². The second-order valence-electron chi connectivity index (χ2n) is 6.35. The standard InChI is InChI=1S/C21H26N2O3S/c1-25-16-10-11-20(26-2)18(15-16)19-9-6-13-23(19)21(24)22-12-14-27-17-7-4-3-5-8-17/h3-5,7-8,10-11,15,19H,6,9,12-14H2,1-2H3,(H,22,24). The van der Waals surface area contributed by atoms with Crippen LogP contribution in [0.3, 0.4) is 0 Å². The molecule has 1 saturated heterocycles. The van der Waals surface area contributed by atoms with E-state index < -0.39 is 0 Å². The van der Waals surface area contributed by atoms with Gasteiger partial charge in [0.1, 0.15) is 11.5 Å². The van der Waals surface area contributed by atoms with E-state index in [0.717, 1.165) is 42.2 Å². The maximum Gasteiger partial charge on any atom is 0.317 e. The van der Waals surface area contributed by atoms with Gasteiger partial charge >= 0.3 is 6.03 Å². The van der Waals surface area contributed by atoms with Crippen molar-refractivity contribution >= 4 is 17.8 Å². The van der Waals surface area contributed by atoms with E-state index in [-0.39, 0.29) is 12.1 Å². The summed E-state index contributed by atoms with van der Waals surface area (Å²) in [6.07, 6.45) is 1.91. The van der Waals surface area contributed by atoms with Crippen LogP contribution in [0.5, 0.6) is 11.5 Å². The summed E-state index contributed by atoms with van der Waals surface area (Å²) < 4.78 is 10.9. The van der Waals surface area contributed by atoms with Crippen LogP contribution in [0.2, 0.25) is 0 Å². The molecule has 27 heavy (non-hydrogen) atoms. The van der Waals surface area contributed by atoms with Gasteiger partial charge in [-0.2, -0.15) is 0 Å². The molecule has 2 amide bonds. The second-order valence-corrected chi connectivity index (χ2v) is 7.52. The molecule has 0 aromatic heterocycles. The van der Waals surface area contributed by atoms with Crippen LogP contribution in [0.15, 0.2) is 53.4 Å². The van der Waals surface area contributed by atoms with E-state index in [0.29, 0.717) is 6.54 Å². The number of rotatable bonds is 7. The van der Waals surface area contributed by atoms with Crippen molar-refractivity contribution < 1.29 is 14.3 Å². The van der Waals surface area contributed by atoms with Crippen LogP contribution < -0.4 is 14.8 Å². The number of benzene rings is 2. The molecule has 144 valence electrons. The molecule has 1 unspecified atom stereocenters. The molecule has 0 saturated carbocycles. The number of amides is 2. The van der Waals surface area contributed by atoms with E-state index in [1.165, 1.54) is 4.90 Å². The molecule has 0 bridgehead atoms. The first-order chi connectivity index (χ1) is 13.2. The molecule has 5 nitrogen and oxygen atoms in total. The van der Waals surface area contributed by atoms with Crippen molar-refractivity contribution in [3.8, 4) is 11.5 Å². The molecule has 3 rings (SSSR count). The fourth-order valence-corrected chi connectivity index (χ4v) is 4.17. The van der Waals surface area contributed by atoms with E-state index in [4.69, 9.17) is 9.47 Å². The summed E-state index contributed by atoms with van der Waals surface area (Å²) in [4.78, 5) is 15.8. The summed E-state index contributed by atoms with van der Waals surface area (Å²) in [6.45, 7) is 1.39. The number of nitrogens with zero attached hydrogens (tertiary/aromatic N) is 1. The maximum absolute atomic E-state index is 12.7. The Morgan fingerprint density at radius 1 is 1.19 bits per heavy atom. The highest BCUT2D eigenvalue weighted by atomic mass is 32.2. The molecular weight excluding hydrogens is 360 g/mol. The van der Waals surface area contributed by atoms with Crippen molar-refractivity contribution in [1.29, 1.82) is 0 Å². The fraction of sp³-hybridized carbons (Fsp3) is 0.381. The lowest BCUT2D eigenvalue weighted by Gasteiger charge is -2.27. The third kappa shape index (κ3) is 4.89. The van der Waals surface area contributed by atoms with Gasteiger partial charge in [-0.25, -0.2) is 4.79 Å². The molecule has 1 aliphatic rings. The number of nitrogens with one attached hydrogen (secondary N) is 1. The van der Waals surface area contributed by atoms with Crippen molar-refractivity contribution in [3.63, 3.8) is 0 Å². The lowest BCUT2D eigenvalue weighted by molar-refractivity contribution is 0.192. The molecule has 1 N–H and O–H groups in total. The maximum atomic E-state index is 12.7. The number of carbonyl (C=O) groups is 1. The van der Waals surface area contributed by atoms with Crippen LogP contribution in [0.4, 0.5) is 4.79 Å². The molecule has 6 heteroatoms. The first-order valence-corrected chi connectivity index (χ1v) is 10.2. The Hall–Kier alpha value is -2.34. The third-order valence-electron chi connectivity index (χ3n) is 4.70. The molecule has 1 aliphatic heterocycles. The van der Waals surface area contributed by atoms with Crippen LogP contribution in [0, 0.1) is 0 Å². The number of hydrogen-bond acceptors (Lipinski definition) is 4. The molecule has 2 aromatic rings. The topological polar surface area (TPSA) is 50.8 Å². The Labute approximate surface area is 165 Å². The number of likely N-dealkylation sites (tertiary alicyclic amines) is 1. The minimum absolute atomic E-state index is 0.0110. The van der Waals surface area contributed by atoms with E-state index >= 15 is 0 Å². The Morgan fingerprint density at radius 3 is 2.74 bits per heavy atom. The number of urea groups is 1. The second kappa shape index (κ2) is 9.55. The summed E-state index contributed by atoms with van der Waals surface area (Å²) in [7, 11) is 3.31. The van der Waals surface area contributed by atoms with E-state index in [1.54, 1.807) is 26.0 Å². The lowest BCUT2D eigenvalue weighted by Crippen LogP contribution is -2.40. The van der Waals surface area contributed by atoms with Gasteiger partial charge in [-0.1, -0.05) is 18.2 Å². The van der Waals surface area contributed by atoms with E-state index in [2.05, 4.69) is 17.4 Å². The van der Waals surface area contributed by atoms with Crippen molar-refractivity contribution in [2.24, 2.45) is 0 Å². The first kappa shape index (κ1) is 19.4. The Morgan fingerprint density at radius 2 is 2.00 bits per heavy atom. The summed E-state index contributed by atoms with van der Waals surface area (Å²) in [6, 6.07) is 16.0. The summed E-state index contributed by atoms with van der Waals surface area (Å²) in [5, 5.41) is 3.05. The lowest BCUT2D eigenvalue weighted by atomic mass is 10.0. The zero-order valence-electron chi connectivity index (χ0n) is 15.8. The van der Waals surface area contributed by atoms with Gasteiger partial charge < -0.3 is 19.7 Å². The Balaban J connectivity index is 1.59. The van der Waals surface area contributed by atoms with E-state index in [9.17, 15) is 4.79 Å². The summed E-state index contributed by atoms with van der Waals surface area (Å²) in [5.41, 5.74) is 1.00. The quantitative estimate of drug-likeness (QED) is 0.568. The molecule has 0 spiro atoms. The molecule has 1 fully saturated rings. The van der Waals surface area contributed by atoms with Crippen LogP contribution in [-0.2, 0) is 0 Å². The van der Waals surface area contributed by atoms with Crippen molar-refractivity contribution in [3.05, 3.63) is 54.1 Å². The largest absolute Gasteiger partial charge is 0.497 e. The first-order valence-electron chi connectivity index (χ1n) is 9.17.